The SMILES string of the molecule is CN(C(=O)CCCNC(=O)c1ccco1)C1CCC(c2ccccc2)CC1. The fraction of sp³-hybridized carbons (Fsp3) is 0.455. The minimum Gasteiger partial charge on any atom is -0.459 e. The van der Waals surface area contributed by atoms with Crippen LogP contribution in [0.5, 0.6) is 0 Å². The van der Waals surface area contributed by atoms with Crippen LogP contribution in [0, 0.1) is 0 Å². The minimum absolute atomic E-state index is 0.158. The molecule has 1 fully saturated rings. The summed E-state index contributed by atoms with van der Waals surface area (Å²) in [6, 6.07) is 14.3. The highest BCUT2D eigenvalue weighted by atomic mass is 16.3. The molecule has 2 amide bonds. The van der Waals surface area contributed by atoms with Crippen LogP contribution >= 0.6 is 0 Å². The zero-order valence-corrected chi connectivity index (χ0v) is 15.9. The third-order valence-corrected chi connectivity index (χ3v) is 5.51. The first-order valence-corrected chi connectivity index (χ1v) is 9.77. The van der Waals surface area contributed by atoms with E-state index in [-0.39, 0.29) is 11.8 Å². The van der Waals surface area contributed by atoms with Crippen LogP contribution in [0.25, 0.3) is 0 Å². The molecule has 1 saturated carbocycles. The van der Waals surface area contributed by atoms with Gasteiger partial charge in [-0.1, -0.05) is 30.3 Å². The Bertz CT molecular complexity index is 719. The molecule has 0 unspecified atom stereocenters. The molecule has 5 nitrogen and oxygen atoms in total. The van der Waals surface area contributed by atoms with Crippen LogP contribution in [0.2, 0.25) is 0 Å². The van der Waals surface area contributed by atoms with Gasteiger partial charge in [0.05, 0.1) is 6.26 Å². The average Bonchev–Trinajstić information content (AvgIpc) is 3.26. The summed E-state index contributed by atoms with van der Waals surface area (Å²) < 4.78 is 5.04. The van der Waals surface area contributed by atoms with Crippen LogP contribution in [0.15, 0.2) is 53.1 Å². The van der Waals surface area contributed by atoms with Gasteiger partial charge in [0, 0.05) is 26.1 Å². The zero-order valence-electron chi connectivity index (χ0n) is 15.9. The van der Waals surface area contributed by atoms with Gasteiger partial charge in [-0.3, -0.25) is 9.59 Å². The van der Waals surface area contributed by atoms with Crippen molar-refractivity contribution in [2.45, 2.75) is 50.5 Å². The lowest BCUT2D eigenvalue weighted by atomic mass is 9.81. The number of furan rings is 1. The molecule has 0 aliphatic heterocycles. The lowest BCUT2D eigenvalue weighted by Crippen LogP contribution is -2.39. The van der Waals surface area contributed by atoms with E-state index in [9.17, 15) is 9.59 Å². The van der Waals surface area contributed by atoms with Crippen LogP contribution in [0.3, 0.4) is 0 Å². The van der Waals surface area contributed by atoms with Gasteiger partial charge in [-0.25, -0.2) is 0 Å². The van der Waals surface area contributed by atoms with Gasteiger partial charge in [-0.2, -0.15) is 0 Å². The van der Waals surface area contributed by atoms with Crippen molar-refractivity contribution >= 4 is 11.8 Å². The lowest BCUT2D eigenvalue weighted by Gasteiger charge is -2.35. The molecule has 0 spiro atoms. The Hall–Kier alpha value is -2.56. The van der Waals surface area contributed by atoms with Gasteiger partial charge in [-0.05, 0) is 55.7 Å². The van der Waals surface area contributed by atoms with Gasteiger partial charge in [-0.15, -0.1) is 0 Å². The second kappa shape index (κ2) is 9.40. The van der Waals surface area contributed by atoms with E-state index < -0.39 is 0 Å². The highest BCUT2D eigenvalue weighted by Gasteiger charge is 2.26. The largest absolute Gasteiger partial charge is 0.459 e. The first-order chi connectivity index (χ1) is 13.1. The van der Waals surface area contributed by atoms with Crippen molar-refractivity contribution in [1.29, 1.82) is 0 Å². The van der Waals surface area contributed by atoms with Crippen molar-refractivity contribution in [2.75, 3.05) is 13.6 Å². The summed E-state index contributed by atoms with van der Waals surface area (Å²) in [5.41, 5.74) is 1.41. The van der Waals surface area contributed by atoms with Crippen molar-refractivity contribution < 1.29 is 14.0 Å². The van der Waals surface area contributed by atoms with E-state index in [0.717, 1.165) is 25.7 Å². The monoisotopic (exact) mass is 368 g/mol. The molecule has 1 heterocycles. The molecule has 1 N–H and O–H groups in total. The highest BCUT2D eigenvalue weighted by Crippen LogP contribution is 2.34. The Balaban J connectivity index is 1.36. The van der Waals surface area contributed by atoms with Crippen molar-refractivity contribution in [3.05, 3.63) is 60.1 Å². The van der Waals surface area contributed by atoms with E-state index in [1.54, 1.807) is 12.1 Å². The maximum absolute atomic E-state index is 12.5. The van der Waals surface area contributed by atoms with Crippen molar-refractivity contribution in [2.24, 2.45) is 0 Å². The third kappa shape index (κ3) is 5.22. The van der Waals surface area contributed by atoms with Crippen LogP contribution in [-0.2, 0) is 4.79 Å². The molecular formula is C22H28N2O3. The molecule has 27 heavy (non-hydrogen) atoms. The summed E-state index contributed by atoms with van der Waals surface area (Å²) in [7, 11) is 1.91. The Morgan fingerprint density at radius 1 is 1.07 bits per heavy atom. The molecule has 0 bridgehead atoms. The fourth-order valence-corrected chi connectivity index (χ4v) is 3.84. The van der Waals surface area contributed by atoms with Crippen LogP contribution in [0.1, 0.15) is 60.6 Å². The Kier molecular flexibility index (Phi) is 6.69. The summed E-state index contributed by atoms with van der Waals surface area (Å²) in [4.78, 5) is 26.2. The van der Waals surface area contributed by atoms with Gasteiger partial charge in [0.25, 0.3) is 5.91 Å². The summed E-state index contributed by atoms with van der Waals surface area (Å²) in [5.74, 6) is 0.835. The topological polar surface area (TPSA) is 62.6 Å². The number of hydrogen-bond acceptors (Lipinski definition) is 3. The standard InChI is InChI=1S/C22H28N2O3/c1-24(19-13-11-18(12-14-19)17-7-3-2-4-8-17)21(25)10-5-15-23-22(26)20-9-6-16-27-20/h2-4,6-9,16,18-19H,5,10-15H2,1H3,(H,23,26). The van der Waals surface area contributed by atoms with Gasteiger partial charge < -0.3 is 14.6 Å². The van der Waals surface area contributed by atoms with Crippen molar-refractivity contribution in [1.82, 2.24) is 10.2 Å². The molecule has 0 radical (unpaired) electrons. The third-order valence-electron chi connectivity index (χ3n) is 5.51. The first kappa shape index (κ1) is 19.2. The minimum atomic E-state index is -0.236. The number of benzene rings is 1. The number of carbonyl (C=O) groups is 2. The number of hydrogen-bond donors (Lipinski definition) is 1. The normalized spacial score (nSPS) is 19.4. The van der Waals surface area contributed by atoms with E-state index >= 15 is 0 Å². The number of rotatable bonds is 7. The van der Waals surface area contributed by atoms with Crippen molar-refractivity contribution in [3.8, 4) is 0 Å². The van der Waals surface area contributed by atoms with Crippen LogP contribution in [-0.4, -0.2) is 36.3 Å². The number of carbonyl (C=O) groups excluding carboxylic acids is 2. The maximum atomic E-state index is 12.5. The molecule has 0 saturated heterocycles. The molecule has 1 aromatic heterocycles. The van der Waals surface area contributed by atoms with E-state index in [4.69, 9.17) is 4.42 Å². The average molecular weight is 368 g/mol. The van der Waals surface area contributed by atoms with Gasteiger partial charge in [0.2, 0.25) is 5.91 Å². The highest BCUT2D eigenvalue weighted by molar-refractivity contribution is 5.91. The van der Waals surface area contributed by atoms with E-state index in [1.807, 2.05) is 11.9 Å². The summed E-state index contributed by atoms with van der Waals surface area (Å²) in [5, 5.41) is 2.78. The molecule has 1 aliphatic carbocycles. The van der Waals surface area contributed by atoms with Crippen LogP contribution in [0.4, 0.5) is 0 Å². The smallest absolute Gasteiger partial charge is 0.286 e. The van der Waals surface area contributed by atoms with Crippen LogP contribution < -0.4 is 5.32 Å². The number of nitrogens with one attached hydrogen (secondary N) is 1. The molecular weight excluding hydrogens is 340 g/mol. The molecule has 1 aliphatic rings. The number of nitrogens with zero attached hydrogens (tertiary/aromatic N) is 1. The summed E-state index contributed by atoms with van der Waals surface area (Å²) in [6.07, 6.45) is 6.92. The quantitative estimate of drug-likeness (QED) is 0.752. The number of amides is 2. The molecule has 0 atom stereocenters. The van der Waals surface area contributed by atoms with E-state index in [1.165, 1.54) is 11.8 Å². The summed E-state index contributed by atoms with van der Waals surface area (Å²) >= 11 is 0. The van der Waals surface area contributed by atoms with E-state index in [0.29, 0.717) is 37.1 Å². The molecule has 2 aromatic rings. The Morgan fingerprint density at radius 3 is 2.48 bits per heavy atom. The van der Waals surface area contributed by atoms with Crippen molar-refractivity contribution in [3.63, 3.8) is 0 Å². The zero-order chi connectivity index (χ0) is 19.1. The van der Waals surface area contributed by atoms with Gasteiger partial charge in [0.1, 0.15) is 0 Å². The second-order valence-corrected chi connectivity index (χ2v) is 7.26. The Labute approximate surface area is 160 Å². The molecule has 3 rings (SSSR count). The van der Waals surface area contributed by atoms with E-state index in [2.05, 4.69) is 35.6 Å². The first-order valence-electron chi connectivity index (χ1n) is 9.77. The van der Waals surface area contributed by atoms with Gasteiger partial charge in [0.15, 0.2) is 5.76 Å². The fourth-order valence-electron chi connectivity index (χ4n) is 3.84. The molecule has 5 heteroatoms. The molecule has 1 aromatic carbocycles. The Morgan fingerprint density at radius 2 is 1.81 bits per heavy atom. The second-order valence-electron chi connectivity index (χ2n) is 7.26. The van der Waals surface area contributed by atoms with Gasteiger partial charge >= 0.3 is 0 Å². The predicted molar refractivity (Wildman–Crippen MR) is 104 cm³/mol. The lowest BCUT2D eigenvalue weighted by molar-refractivity contribution is -0.132. The maximum Gasteiger partial charge on any atom is 0.286 e. The summed E-state index contributed by atoms with van der Waals surface area (Å²) in [6.45, 7) is 0.472. The molecule has 144 valence electrons. The predicted octanol–water partition coefficient (Wildman–Crippen LogP) is 3.97.